The van der Waals surface area contributed by atoms with Gasteiger partial charge in [0, 0.05) is 16.5 Å². The van der Waals surface area contributed by atoms with Crippen LogP contribution in [-0.4, -0.2) is 14.2 Å². The molecular weight excluding hydrogens is 366 g/mol. The summed E-state index contributed by atoms with van der Waals surface area (Å²) in [6, 6.07) is 13.0. The number of nitrogens with one attached hydrogen (secondary N) is 1. The zero-order valence-electron chi connectivity index (χ0n) is 13.8. The molecule has 0 amide bonds. The molecule has 4 rings (SSSR count). The molecule has 1 N–H and O–H groups in total. The fourth-order valence-electron chi connectivity index (χ4n) is 3.92. The first kappa shape index (κ1) is 15.6. The number of methoxy groups -OCH3 is 2. The van der Waals surface area contributed by atoms with Crippen LogP contribution < -0.4 is 14.8 Å². The Morgan fingerprint density at radius 3 is 2.58 bits per heavy atom. The monoisotopic (exact) mass is 385 g/mol. The van der Waals surface area contributed by atoms with Crippen LogP contribution in [0.15, 0.2) is 53.0 Å². The van der Waals surface area contributed by atoms with E-state index < -0.39 is 0 Å². The van der Waals surface area contributed by atoms with Gasteiger partial charge in [-0.25, -0.2) is 0 Å². The number of halogens is 1. The van der Waals surface area contributed by atoms with Crippen molar-refractivity contribution in [1.29, 1.82) is 0 Å². The van der Waals surface area contributed by atoms with Crippen LogP contribution in [0.1, 0.15) is 29.5 Å². The second-order valence-corrected chi connectivity index (χ2v) is 7.24. The molecule has 2 aromatic carbocycles. The minimum absolute atomic E-state index is 0.271. The molecule has 4 heteroatoms. The van der Waals surface area contributed by atoms with Gasteiger partial charge in [0.1, 0.15) is 11.5 Å². The predicted molar refractivity (Wildman–Crippen MR) is 100 cm³/mol. The van der Waals surface area contributed by atoms with Gasteiger partial charge >= 0.3 is 0 Å². The highest BCUT2D eigenvalue weighted by Crippen LogP contribution is 2.53. The predicted octanol–water partition coefficient (Wildman–Crippen LogP) is 5.29. The van der Waals surface area contributed by atoms with Gasteiger partial charge in [-0.05, 0) is 41.7 Å². The third-order valence-corrected chi connectivity index (χ3v) is 5.62. The SMILES string of the molecule is COc1cc(OC)c2c(c1)[C@H]1C=CC[C@H]1[C@H](c1ccc(Br)cc1)N2. The summed E-state index contributed by atoms with van der Waals surface area (Å²) in [4.78, 5) is 0. The van der Waals surface area contributed by atoms with Gasteiger partial charge in [-0.15, -0.1) is 0 Å². The molecule has 0 radical (unpaired) electrons. The molecule has 24 heavy (non-hydrogen) atoms. The van der Waals surface area contributed by atoms with Gasteiger partial charge in [0.15, 0.2) is 0 Å². The van der Waals surface area contributed by atoms with Crippen LogP contribution in [-0.2, 0) is 0 Å². The Bertz CT molecular complexity index is 785. The van der Waals surface area contributed by atoms with Crippen molar-refractivity contribution in [3.63, 3.8) is 0 Å². The van der Waals surface area contributed by atoms with E-state index in [2.05, 4.69) is 63.7 Å². The quantitative estimate of drug-likeness (QED) is 0.727. The molecule has 0 saturated carbocycles. The number of anilines is 1. The number of ether oxygens (including phenoxy) is 2. The van der Waals surface area contributed by atoms with Crippen molar-refractivity contribution in [2.45, 2.75) is 18.4 Å². The highest BCUT2D eigenvalue weighted by atomic mass is 79.9. The smallest absolute Gasteiger partial charge is 0.145 e. The first-order valence-electron chi connectivity index (χ1n) is 8.16. The molecular formula is C20H20BrNO2. The van der Waals surface area contributed by atoms with Crippen molar-refractivity contribution in [1.82, 2.24) is 0 Å². The van der Waals surface area contributed by atoms with E-state index in [4.69, 9.17) is 9.47 Å². The fourth-order valence-corrected chi connectivity index (χ4v) is 4.18. The van der Waals surface area contributed by atoms with Gasteiger partial charge in [-0.2, -0.15) is 0 Å². The van der Waals surface area contributed by atoms with Crippen molar-refractivity contribution >= 4 is 21.6 Å². The summed E-state index contributed by atoms with van der Waals surface area (Å²) in [5, 5.41) is 3.74. The topological polar surface area (TPSA) is 30.5 Å². The molecule has 0 unspecified atom stereocenters. The van der Waals surface area contributed by atoms with E-state index in [0.29, 0.717) is 11.8 Å². The number of fused-ring (bicyclic) bond motifs is 3. The molecule has 1 aliphatic heterocycles. The van der Waals surface area contributed by atoms with Gasteiger partial charge in [0.05, 0.1) is 25.9 Å². The van der Waals surface area contributed by atoms with Crippen molar-refractivity contribution in [2.75, 3.05) is 19.5 Å². The van der Waals surface area contributed by atoms with Crippen molar-refractivity contribution in [3.8, 4) is 11.5 Å². The Kier molecular flexibility index (Phi) is 4.01. The number of benzene rings is 2. The molecule has 2 aliphatic rings. The minimum Gasteiger partial charge on any atom is -0.497 e. The van der Waals surface area contributed by atoms with Crippen LogP contribution >= 0.6 is 15.9 Å². The lowest BCUT2D eigenvalue weighted by Gasteiger charge is -2.38. The average molecular weight is 386 g/mol. The van der Waals surface area contributed by atoms with E-state index in [1.165, 1.54) is 11.1 Å². The lowest BCUT2D eigenvalue weighted by Crippen LogP contribution is -2.29. The van der Waals surface area contributed by atoms with Crippen LogP contribution in [0.2, 0.25) is 0 Å². The molecule has 0 fully saturated rings. The van der Waals surface area contributed by atoms with Crippen LogP contribution in [0.4, 0.5) is 5.69 Å². The Morgan fingerprint density at radius 2 is 1.88 bits per heavy atom. The average Bonchev–Trinajstić information content (AvgIpc) is 3.11. The first-order valence-corrected chi connectivity index (χ1v) is 8.95. The van der Waals surface area contributed by atoms with E-state index in [0.717, 1.165) is 28.1 Å². The lowest BCUT2D eigenvalue weighted by atomic mass is 9.77. The molecule has 0 saturated heterocycles. The second kappa shape index (κ2) is 6.17. The second-order valence-electron chi connectivity index (χ2n) is 6.32. The standard InChI is InChI=1S/C20H20BrNO2/c1-23-14-10-17-15-4-3-5-16(15)19(12-6-8-13(21)9-7-12)22-20(17)18(11-14)24-2/h3-4,6-11,15-16,19,22H,5H2,1-2H3/t15-,16+,19-/m0/s1. The van der Waals surface area contributed by atoms with Gasteiger partial charge in [-0.1, -0.05) is 40.2 Å². The van der Waals surface area contributed by atoms with Gasteiger partial charge < -0.3 is 14.8 Å². The van der Waals surface area contributed by atoms with Crippen LogP contribution in [0.5, 0.6) is 11.5 Å². The van der Waals surface area contributed by atoms with Crippen LogP contribution in [0.25, 0.3) is 0 Å². The third-order valence-electron chi connectivity index (χ3n) is 5.09. The van der Waals surface area contributed by atoms with Crippen molar-refractivity contribution in [2.24, 2.45) is 5.92 Å². The molecule has 0 aromatic heterocycles. The van der Waals surface area contributed by atoms with E-state index in [1.807, 2.05) is 6.07 Å². The molecule has 3 atom stereocenters. The molecule has 124 valence electrons. The Morgan fingerprint density at radius 1 is 1.08 bits per heavy atom. The number of hydrogen-bond acceptors (Lipinski definition) is 3. The largest absolute Gasteiger partial charge is 0.497 e. The van der Waals surface area contributed by atoms with Gasteiger partial charge in [0.25, 0.3) is 0 Å². The summed E-state index contributed by atoms with van der Waals surface area (Å²) in [5.41, 5.74) is 3.65. The Hall–Kier alpha value is -1.94. The zero-order chi connectivity index (χ0) is 16.7. The van der Waals surface area contributed by atoms with Gasteiger partial charge in [0.2, 0.25) is 0 Å². The Labute approximate surface area is 150 Å². The molecule has 1 heterocycles. The van der Waals surface area contributed by atoms with E-state index in [-0.39, 0.29) is 6.04 Å². The maximum Gasteiger partial charge on any atom is 0.145 e. The summed E-state index contributed by atoms with van der Waals surface area (Å²) in [6.07, 6.45) is 5.70. The highest BCUT2D eigenvalue weighted by molar-refractivity contribution is 9.10. The molecule has 2 aromatic rings. The summed E-state index contributed by atoms with van der Waals surface area (Å²) in [5.74, 6) is 2.58. The number of hydrogen-bond donors (Lipinski definition) is 1. The fraction of sp³-hybridized carbons (Fsp3) is 0.300. The normalized spacial score (nSPS) is 24.0. The minimum atomic E-state index is 0.271. The van der Waals surface area contributed by atoms with E-state index in [9.17, 15) is 0 Å². The number of allylic oxidation sites excluding steroid dienone is 2. The summed E-state index contributed by atoms with van der Waals surface area (Å²) in [6.45, 7) is 0. The highest BCUT2D eigenvalue weighted by Gasteiger charge is 2.39. The maximum absolute atomic E-state index is 5.63. The molecule has 1 aliphatic carbocycles. The molecule has 0 spiro atoms. The van der Waals surface area contributed by atoms with Crippen LogP contribution in [0, 0.1) is 5.92 Å². The Balaban J connectivity index is 1.82. The summed E-state index contributed by atoms with van der Waals surface area (Å²) in [7, 11) is 3.41. The molecule has 3 nitrogen and oxygen atoms in total. The summed E-state index contributed by atoms with van der Waals surface area (Å²) < 4.78 is 12.2. The maximum atomic E-state index is 5.63. The zero-order valence-corrected chi connectivity index (χ0v) is 15.3. The van der Waals surface area contributed by atoms with Crippen molar-refractivity contribution < 1.29 is 9.47 Å². The lowest BCUT2D eigenvalue weighted by molar-refractivity contribution is 0.381. The van der Waals surface area contributed by atoms with E-state index >= 15 is 0 Å². The molecule has 0 bridgehead atoms. The van der Waals surface area contributed by atoms with Crippen molar-refractivity contribution in [3.05, 3.63) is 64.1 Å². The van der Waals surface area contributed by atoms with Crippen LogP contribution in [0.3, 0.4) is 0 Å². The van der Waals surface area contributed by atoms with E-state index in [1.54, 1.807) is 14.2 Å². The third kappa shape index (κ3) is 2.49. The number of rotatable bonds is 3. The first-order chi connectivity index (χ1) is 11.7. The van der Waals surface area contributed by atoms with Gasteiger partial charge in [-0.3, -0.25) is 0 Å². The summed E-state index contributed by atoms with van der Waals surface area (Å²) >= 11 is 3.52.